The summed E-state index contributed by atoms with van der Waals surface area (Å²) in [5.41, 5.74) is 4.83. The summed E-state index contributed by atoms with van der Waals surface area (Å²) < 4.78 is 0. The molecule has 0 radical (unpaired) electrons. The fourth-order valence-corrected chi connectivity index (χ4v) is 10.2. The third-order valence-electron chi connectivity index (χ3n) is 7.68. The molecule has 4 aromatic rings. The maximum Gasteiger partial charge on any atom is -0.00219 e. The molecule has 156 valence electrons. The molecule has 0 amide bonds. The zero-order valence-corrected chi connectivity index (χ0v) is 19.2. The van der Waals surface area contributed by atoms with Gasteiger partial charge in [-0.05, 0) is 75.0 Å². The van der Waals surface area contributed by atoms with Gasteiger partial charge in [0.15, 0.2) is 0 Å². The highest BCUT2D eigenvalue weighted by Crippen LogP contribution is 2.58. The highest BCUT2D eigenvalue weighted by atomic mass is 31.1. The van der Waals surface area contributed by atoms with Crippen molar-refractivity contribution in [2.45, 2.75) is 62.7 Å². The lowest BCUT2D eigenvalue weighted by Crippen LogP contribution is -2.21. The first kappa shape index (κ1) is 19.5. The van der Waals surface area contributed by atoms with Gasteiger partial charge in [0, 0.05) is 0 Å². The molecule has 0 N–H and O–H groups in total. The molecule has 2 aliphatic carbocycles. The van der Waals surface area contributed by atoms with Crippen molar-refractivity contribution < 1.29 is 0 Å². The Bertz CT molecular complexity index is 1190. The molecule has 4 aromatic carbocycles. The molecule has 31 heavy (non-hydrogen) atoms. The van der Waals surface area contributed by atoms with Crippen LogP contribution in [-0.2, 0) is 0 Å². The van der Waals surface area contributed by atoms with Crippen molar-refractivity contribution in [1.82, 2.24) is 0 Å². The summed E-state index contributed by atoms with van der Waals surface area (Å²) in [7, 11) is -0.131. The molecule has 0 nitrogen and oxygen atoms in total. The Morgan fingerprint density at radius 1 is 0.516 bits per heavy atom. The van der Waals surface area contributed by atoms with Gasteiger partial charge in [0.25, 0.3) is 0 Å². The molecule has 2 aliphatic rings. The molecule has 0 heterocycles. The van der Waals surface area contributed by atoms with Crippen LogP contribution in [0.4, 0.5) is 0 Å². The fraction of sp³-hybridized carbons (Fsp3) is 0.333. The summed E-state index contributed by atoms with van der Waals surface area (Å²) in [4.78, 5) is 0. The van der Waals surface area contributed by atoms with Crippen LogP contribution in [0.2, 0.25) is 0 Å². The van der Waals surface area contributed by atoms with E-state index in [-0.39, 0.29) is 7.92 Å². The third kappa shape index (κ3) is 3.50. The van der Waals surface area contributed by atoms with Crippen LogP contribution in [0, 0.1) is 0 Å². The molecule has 0 aromatic heterocycles. The molecule has 2 fully saturated rings. The Morgan fingerprint density at radius 3 is 1.74 bits per heavy atom. The highest BCUT2D eigenvalue weighted by Gasteiger charge is 2.35. The zero-order valence-electron chi connectivity index (χ0n) is 18.3. The minimum Gasteiger partial charge on any atom is -0.0683 e. The summed E-state index contributed by atoms with van der Waals surface area (Å²) in [5.74, 6) is 0. The van der Waals surface area contributed by atoms with Crippen molar-refractivity contribution in [3.05, 3.63) is 78.9 Å². The molecule has 0 saturated heterocycles. The predicted molar refractivity (Wildman–Crippen MR) is 138 cm³/mol. The van der Waals surface area contributed by atoms with E-state index in [1.54, 1.807) is 10.9 Å². The molecule has 0 aliphatic heterocycles. The van der Waals surface area contributed by atoms with E-state index in [0.717, 1.165) is 11.3 Å². The molecular formula is C30H31P. The Morgan fingerprint density at radius 2 is 1.06 bits per heavy atom. The second kappa shape index (κ2) is 8.40. The van der Waals surface area contributed by atoms with Crippen molar-refractivity contribution in [3.63, 3.8) is 0 Å². The maximum absolute atomic E-state index is 2.54. The van der Waals surface area contributed by atoms with Crippen molar-refractivity contribution in [3.8, 4) is 11.1 Å². The van der Waals surface area contributed by atoms with Gasteiger partial charge in [0.1, 0.15) is 0 Å². The molecule has 0 unspecified atom stereocenters. The highest BCUT2D eigenvalue weighted by molar-refractivity contribution is 7.67. The smallest absolute Gasteiger partial charge is 0.00219 e. The predicted octanol–water partition coefficient (Wildman–Crippen LogP) is 8.65. The van der Waals surface area contributed by atoms with Crippen LogP contribution < -0.4 is 5.30 Å². The lowest BCUT2D eigenvalue weighted by Gasteiger charge is -2.33. The van der Waals surface area contributed by atoms with Crippen LogP contribution in [0.5, 0.6) is 0 Å². The average Bonchev–Trinajstić information content (AvgIpc) is 3.54. The summed E-state index contributed by atoms with van der Waals surface area (Å²) in [5, 5.41) is 7.27. The normalized spacial score (nSPS) is 18.0. The number of rotatable bonds is 4. The van der Waals surface area contributed by atoms with Crippen molar-refractivity contribution in [1.29, 1.82) is 0 Å². The van der Waals surface area contributed by atoms with E-state index in [1.807, 2.05) is 0 Å². The lowest BCUT2D eigenvalue weighted by molar-refractivity contribution is 0.835. The van der Waals surface area contributed by atoms with E-state index < -0.39 is 0 Å². The van der Waals surface area contributed by atoms with Crippen LogP contribution in [0.25, 0.3) is 32.7 Å². The SMILES string of the molecule is c1ccc2c(-c3c(P(C4CCCC4)C4CCCC4)ccc4ccccc34)cccc2c1. The Hall–Kier alpha value is -2.17. The molecule has 0 spiro atoms. The fourth-order valence-electron chi connectivity index (χ4n) is 6.26. The average molecular weight is 423 g/mol. The van der Waals surface area contributed by atoms with Gasteiger partial charge in [-0.3, -0.25) is 0 Å². The second-order valence-corrected chi connectivity index (χ2v) is 12.2. The number of hydrogen-bond acceptors (Lipinski definition) is 0. The summed E-state index contributed by atoms with van der Waals surface area (Å²) in [6.45, 7) is 0. The van der Waals surface area contributed by atoms with Crippen LogP contribution in [0.3, 0.4) is 0 Å². The maximum atomic E-state index is 2.54. The number of fused-ring (bicyclic) bond motifs is 2. The molecule has 1 heteroatoms. The van der Waals surface area contributed by atoms with Crippen molar-refractivity contribution >= 4 is 34.8 Å². The minimum absolute atomic E-state index is 0.131. The molecule has 2 saturated carbocycles. The van der Waals surface area contributed by atoms with Crippen molar-refractivity contribution in [2.75, 3.05) is 0 Å². The Labute approximate surface area is 187 Å². The van der Waals surface area contributed by atoms with Gasteiger partial charge in [-0.25, -0.2) is 0 Å². The van der Waals surface area contributed by atoms with Crippen LogP contribution in [0.15, 0.2) is 78.9 Å². The monoisotopic (exact) mass is 422 g/mol. The van der Waals surface area contributed by atoms with E-state index in [4.69, 9.17) is 0 Å². The first-order chi connectivity index (χ1) is 15.4. The number of benzene rings is 4. The van der Waals surface area contributed by atoms with Gasteiger partial charge in [-0.2, -0.15) is 0 Å². The van der Waals surface area contributed by atoms with E-state index in [1.165, 1.54) is 78.5 Å². The van der Waals surface area contributed by atoms with Gasteiger partial charge in [-0.15, -0.1) is 0 Å². The van der Waals surface area contributed by atoms with Crippen molar-refractivity contribution in [2.24, 2.45) is 0 Å². The zero-order chi connectivity index (χ0) is 20.6. The van der Waals surface area contributed by atoms with E-state index in [2.05, 4.69) is 78.9 Å². The van der Waals surface area contributed by atoms with Crippen LogP contribution in [-0.4, -0.2) is 11.3 Å². The summed E-state index contributed by atoms with van der Waals surface area (Å²) in [6, 6.07) is 29.9. The summed E-state index contributed by atoms with van der Waals surface area (Å²) >= 11 is 0. The standard InChI is InChI=1S/C30H31P/c1-7-17-26-22(10-1)12-9-19-28(26)30-27-18-8-2-11-23(27)20-21-29(30)31(24-13-3-4-14-24)25-15-5-6-16-25/h1-2,7-12,17-21,24-25H,3-6,13-16H2. The van der Waals surface area contributed by atoms with Gasteiger partial charge in [-0.1, -0.05) is 112 Å². The Kier molecular flexibility index (Phi) is 5.29. The Balaban J connectivity index is 1.64. The van der Waals surface area contributed by atoms with Gasteiger partial charge >= 0.3 is 0 Å². The number of hydrogen-bond donors (Lipinski definition) is 0. The first-order valence-corrected chi connectivity index (χ1v) is 13.7. The van der Waals surface area contributed by atoms with Gasteiger partial charge in [0.2, 0.25) is 0 Å². The van der Waals surface area contributed by atoms with Crippen LogP contribution in [0.1, 0.15) is 51.4 Å². The largest absolute Gasteiger partial charge is 0.0683 e. The summed E-state index contributed by atoms with van der Waals surface area (Å²) in [6.07, 6.45) is 11.5. The van der Waals surface area contributed by atoms with E-state index >= 15 is 0 Å². The van der Waals surface area contributed by atoms with E-state index in [9.17, 15) is 0 Å². The molecule has 6 rings (SSSR count). The topological polar surface area (TPSA) is 0 Å². The second-order valence-electron chi connectivity index (χ2n) is 9.49. The molecule has 0 atom stereocenters. The third-order valence-corrected chi connectivity index (χ3v) is 11.2. The van der Waals surface area contributed by atoms with E-state index in [0.29, 0.717) is 0 Å². The quantitative estimate of drug-likeness (QED) is 0.289. The van der Waals surface area contributed by atoms with Crippen LogP contribution >= 0.6 is 7.92 Å². The molecular weight excluding hydrogens is 391 g/mol. The molecule has 0 bridgehead atoms. The van der Waals surface area contributed by atoms with Gasteiger partial charge < -0.3 is 0 Å². The minimum atomic E-state index is -0.131. The first-order valence-electron chi connectivity index (χ1n) is 12.2. The van der Waals surface area contributed by atoms with Gasteiger partial charge in [0.05, 0.1) is 0 Å². The lowest BCUT2D eigenvalue weighted by atomic mass is 9.94.